The fourth-order valence-corrected chi connectivity index (χ4v) is 16.3. The molecule has 16 aromatic rings. The van der Waals surface area contributed by atoms with Crippen molar-refractivity contribution < 1.29 is 63.2 Å². The molecule has 37 heteroatoms. The molecule has 0 spiro atoms. The zero-order chi connectivity index (χ0) is 90.2. The van der Waals surface area contributed by atoms with E-state index in [0.717, 1.165) is 51.8 Å². The molecule has 658 valence electrons. The molecule has 12 heterocycles. The summed E-state index contributed by atoms with van der Waals surface area (Å²) in [5, 5.41) is 22.7. The Kier molecular flexibility index (Phi) is 25.7. The number of halogens is 8. The van der Waals surface area contributed by atoms with E-state index < -0.39 is 0 Å². The second kappa shape index (κ2) is 38.5. The Morgan fingerprint density at radius 2 is 0.692 bits per heavy atom. The maximum absolute atomic E-state index is 13.5. The minimum absolute atomic E-state index is 0.00593. The second-order valence-corrected chi connectivity index (χ2v) is 32.2. The molecule has 0 radical (unpaired) electrons. The Labute approximate surface area is 740 Å². The SMILES string of the molecule is Cc1nc2c(o1)CN(C(=O)Cn1nc(-c3ccc(F)cc3)nc1-c1ccc(F)cc1)CC2.Cc1nc2c(s1)CN(C(=O)Cn1nc(-c3ccc(F)cc3)nc1-c1ccc(F)cc1)CC2.Cc1ncc2c(n1)CCN(C(=O)Cn1nc(-c3ccc(F)cc3)nc1-c1ccc(F)cc1)C2.O=C(Cn1nc(-c2ccc(F)cc2)nc1-c1ccc(F)cc1)N1CCC(c2ncno2)CC1. The average molecular weight is 1780 g/mol. The van der Waals surface area contributed by atoms with E-state index in [1.165, 1.54) is 122 Å². The lowest BCUT2D eigenvalue weighted by Gasteiger charge is -2.30. The van der Waals surface area contributed by atoms with E-state index in [1.54, 1.807) is 141 Å². The minimum atomic E-state index is -0.374. The van der Waals surface area contributed by atoms with Gasteiger partial charge >= 0.3 is 0 Å². The molecule has 8 aromatic heterocycles. The number of carbonyl (C=O) groups is 4. The smallest absolute Gasteiger partial charge is 0.244 e. The summed E-state index contributed by atoms with van der Waals surface area (Å²) in [7, 11) is 0. The van der Waals surface area contributed by atoms with Crippen LogP contribution in [0.1, 0.15) is 74.7 Å². The van der Waals surface area contributed by atoms with Crippen LogP contribution in [0.2, 0.25) is 0 Å². The fourth-order valence-electron chi connectivity index (χ4n) is 15.3. The van der Waals surface area contributed by atoms with Crippen LogP contribution in [-0.4, -0.2) is 165 Å². The first-order valence-corrected chi connectivity index (χ1v) is 42.2. The molecule has 0 N–H and O–H groups in total. The molecule has 1 saturated heterocycles. The van der Waals surface area contributed by atoms with Crippen molar-refractivity contribution >= 4 is 35.0 Å². The predicted molar refractivity (Wildman–Crippen MR) is 458 cm³/mol. The number of piperidine rings is 1. The number of oxazole rings is 1. The molecular weight excluding hydrogens is 1710 g/mol. The van der Waals surface area contributed by atoms with Crippen LogP contribution >= 0.6 is 11.3 Å². The number of likely N-dealkylation sites (tertiary alicyclic amines) is 1. The number of hydrogen-bond donors (Lipinski definition) is 0. The molecule has 20 rings (SSSR count). The minimum Gasteiger partial charge on any atom is -0.444 e. The number of thiazole rings is 1. The maximum Gasteiger partial charge on any atom is 0.244 e. The van der Waals surface area contributed by atoms with Gasteiger partial charge < -0.3 is 28.5 Å². The van der Waals surface area contributed by atoms with Gasteiger partial charge in [-0.1, -0.05) is 5.16 Å². The van der Waals surface area contributed by atoms with Gasteiger partial charge in [0.15, 0.2) is 58.8 Å². The molecule has 130 heavy (non-hydrogen) atoms. The van der Waals surface area contributed by atoms with Crippen molar-refractivity contribution in [1.29, 1.82) is 0 Å². The molecule has 8 aromatic carbocycles. The molecular formula is C93H78F8N22O6S. The Bertz CT molecular complexity index is 6520. The summed E-state index contributed by atoms with van der Waals surface area (Å²) in [6.07, 6.45) is 6.63. The van der Waals surface area contributed by atoms with E-state index in [2.05, 4.69) is 70.4 Å². The molecule has 0 aliphatic carbocycles. The van der Waals surface area contributed by atoms with Crippen molar-refractivity contribution in [1.82, 2.24) is 109 Å². The van der Waals surface area contributed by atoms with Gasteiger partial charge in [-0.25, -0.2) is 93.7 Å². The van der Waals surface area contributed by atoms with Crippen LogP contribution in [0.4, 0.5) is 35.1 Å². The quantitative estimate of drug-likeness (QED) is 0.0765. The highest BCUT2D eigenvalue weighted by Gasteiger charge is 2.32. The van der Waals surface area contributed by atoms with Gasteiger partial charge in [0.25, 0.3) is 0 Å². The Morgan fingerprint density at radius 3 is 1.05 bits per heavy atom. The van der Waals surface area contributed by atoms with Crippen LogP contribution in [0.5, 0.6) is 0 Å². The number of hydrogen-bond acceptors (Lipinski definition) is 21. The molecule has 4 aliphatic heterocycles. The normalized spacial score (nSPS) is 13.6. The van der Waals surface area contributed by atoms with Gasteiger partial charge in [-0.2, -0.15) is 4.98 Å². The molecule has 4 aliphatic rings. The third-order valence-corrected chi connectivity index (χ3v) is 23.0. The van der Waals surface area contributed by atoms with Crippen molar-refractivity contribution in [3.63, 3.8) is 0 Å². The summed E-state index contributed by atoms with van der Waals surface area (Å²) in [6, 6.07) is 46.6. The number of benzene rings is 8. The number of aryl methyl sites for hydroxylation is 3. The van der Waals surface area contributed by atoms with Gasteiger partial charge in [-0.3, -0.25) is 19.2 Å². The van der Waals surface area contributed by atoms with Crippen LogP contribution in [0.25, 0.3) is 91.1 Å². The first-order chi connectivity index (χ1) is 62.9. The van der Waals surface area contributed by atoms with Crippen LogP contribution in [0.15, 0.2) is 216 Å². The molecule has 0 atom stereocenters. The Morgan fingerprint density at radius 1 is 0.362 bits per heavy atom. The molecule has 0 unspecified atom stereocenters. The molecule has 4 amide bonds. The van der Waals surface area contributed by atoms with Gasteiger partial charge in [0.1, 0.15) is 84.3 Å². The first kappa shape index (κ1) is 86.8. The second-order valence-electron chi connectivity index (χ2n) is 30.9. The lowest BCUT2D eigenvalue weighted by Crippen LogP contribution is -2.40. The number of fused-ring (bicyclic) bond motifs is 3. The highest BCUT2D eigenvalue weighted by molar-refractivity contribution is 7.11. The van der Waals surface area contributed by atoms with E-state index in [9.17, 15) is 54.3 Å². The predicted octanol–water partition coefficient (Wildman–Crippen LogP) is 15.3. The van der Waals surface area contributed by atoms with E-state index in [1.807, 2.05) is 13.8 Å². The first-order valence-electron chi connectivity index (χ1n) is 41.4. The van der Waals surface area contributed by atoms with Crippen LogP contribution in [0, 0.1) is 67.3 Å². The van der Waals surface area contributed by atoms with Crippen LogP contribution in [-0.2, 0) is 84.3 Å². The van der Waals surface area contributed by atoms with Gasteiger partial charge in [0, 0.05) is 133 Å². The zero-order valence-electron chi connectivity index (χ0n) is 69.9. The summed E-state index contributed by atoms with van der Waals surface area (Å²) in [6.45, 7) is 9.60. The average Bonchev–Trinajstić information content (AvgIpc) is 1.63. The Balaban J connectivity index is 0.000000121. The van der Waals surface area contributed by atoms with Crippen LogP contribution < -0.4 is 0 Å². The summed E-state index contributed by atoms with van der Waals surface area (Å²) in [5.74, 6) is 2.53. The van der Waals surface area contributed by atoms with Gasteiger partial charge in [0.05, 0.1) is 35.2 Å². The van der Waals surface area contributed by atoms with Gasteiger partial charge in [-0.05, 0) is 221 Å². The lowest BCUT2D eigenvalue weighted by molar-refractivity contribution is -0.134. The number of carbonyl (C=O) groups excluding carboxylic acids is 4. The monoisotopic (exact) mass is 1780 g/mol. The highest BCUT2D eigenvalue weighted by Crippen LogP contribution is 2.34. The number of aromatic nitrogens is 18. The van der Waals surface area contributed by atoms with Gasteiger partial charge in [0.2, 0.25) is 29.5 Å². The summed E-state index contributed by atoms with van der Waals surface area (Å²) in [4.78, 5) is 101. The van der Waals surface area contributed by atoms with Crippen molar-refractivity contribution in [2.45, 2.75) is 105 Å². The number of amides is 4. The molecule has 28 nitrogen and oxygen atoms in total. The number of rotatable bonds is 17. The third-order valence-electron chi connectivity index (χ3n) is 22.0. The fraction of sp³-hybridized carbons (Fsp3) is 0.226. The number of nitrogens with zero attached hydrogens (tertiary/aromatic N) is 22. The summed E-state index contributed by atoms with van der Waals surface area (Å²) < 4.78 is 124. The van der Waals surface area contributed by atoms with Crippen LogP contribution in [0.3, 0.4) is 0 Å². The standard InChI is InChI=1S/C24H20F2N6O.C23H20F2N6O2.C23H19F2N5O2.C23H19F2N5OS/c1-15-27-12-18-13-31(11-10-21(18)28-15)22(33)14-32-24(17-4-8-20(26)9-5-17)29-23(30-32)16-2-6-19(25)7-3-16;24-18-5-1-15(2-6-18)21-28-22(16-3-7-19(25)8-4-16)31(29-21)13-20(32)30-11-9-17(10-12-30)23-26-14-27-33-23;2*1-14-26-19-10-11-29(12-20(19)32-14)21(31)13-30-23(16-4-8-18(25)9-5-16)27-22(28-30)15-2-6-17(24)7-3-15/h2-9,12H,10-11,13-14H2,1H3;1-8,14,17H,9-13H2;2*2-9H,10-13H2,1H3. The summed E-state index contributed by atoms with van der Waals surface area (Å²) in [5.41, 5.74) is 8.84. The topological polar surface area (TPSA) is 308 Å². The Hall–Kier alpha value is -15.3. The van der Waals surface area contributed by atoms with Crippen molar-refractivity contribution in [2.24, 2.45) is 0 Å². The van der Waals surface area contributed by atoms with E-state index in [0.29, 0.717) is 180 Å². The lowest BCUT2D eigenvalue weighted by atomic mass is 9.97. The van der Waals surface area contributed by atoms with Crippen molar-refractivity contribution in [2.75, 3.05) is 32.7 Å². The van der Waals surface area contributed by atoms with Crippen molar-refractivity contribution in [3.05, 3.63) is 309 Å². The largest absolute Gasteiger partial charge is 0.444 e. The third kappa shape index (κ3) is 20.5. The van der Waals surface area contributed by atoms with E-state index >= 15 is 0 Å². The van der Waals surface area contributed by atoms with E-state index in [4.69, 9.17) is 8.94 Å². The molecule has 1 fully saturated rings. The maximum atomic E-state index is 13.5. The molecule has 0 saturated carbocycles. The van der Waals surface area contributed by atoms with E-state index in [-0.39, 0.29) is 102 Å². The highest BCUT2D eigenvalue weighted by atomic mass is 32.1. The zero-order valence-corrected chi connectivity index (χ0v) is 70.8. The molecule has 0 bridgehead atoms. The summed E-state index contributed by atoms with van der Waals surface area (Å²) >= 11 is 1.62. The van der Waals surface area contributed by atoms with Crippen molar-refractivity contribution in [3.8, 4) is 91.1 Å². The van der Waals surface area contributed by atoms with Gasteiger partial charge in [-0.15, -0.1) is 31.7 Å².